The van der Waals surface area contributed by atoms with Crippen molar-refractivity contribution in [3.05, 3.63) is 29.8 Å². The quantitative estimate of drug-likeness (QED) is 0.796. The highest BCUT2D eigenvalue weighted by Gasteiger charge is 2.13. The third-order valence-electron chi connectivity index (χ3n) is 2.44. The zero-order chi connectivity index (χ0) is 14.3. The molecule has 0 heterocycles. The highest BCUT2D eigenvalue weighted by molar-refractivity contribution is 8.00. The van der Waals surface area contributed by atoms with Gasteiger partial charge in [0.25, 0.3) is 0 Å². The molecule has 0 fully saturated rings. The number of amides is 1. The van der Waals surface area contributed by atoms with Gasteiger partial charge in [-0.3, -0.25) is 9.59 Å². The first kappa shape index (κ1) is 15.4. The fourth-order valence-electron chi connectivity index (χ4n) is 1.62. The fraction of sp³-hybridized carbons (Fsp3) is 0.385. The SMILES string of the molecule is COc1ccccc1C(C)NC(=O)CSCC(=O)O. The second kappa shape index (κ2) is 7.68. The van der Waals surface area contributed by atoms with Crippen molar-refractivity contribution >= 4 is 23.6 Å². The summed E-state index contributed by atoms with van der Waals surface area (Å²) >= 11 is 1.07. The van der Waals surface area contributed by atoms with Crippen molar-refractivity contribution in [3.63, 3.8) is 0 Å². The summed E-state index contributed by atoms with van der Waals surface area (Å²) in [4.78, 5) is 22.0. The zero-order valence-electron chi connectivity index (χ0n) is 10.9. The predicted octanol–water partition coefficient (Wildman–Crippen LogP) is 1.69. The molecule has 0 aliphatic heterocycles. The first-order valence-electron chi connectivity index (χ1n) is 5.76. The minimum Gasteiger partial charge on any atom is -0.496 e. The average Bonchev–Trinajstić information content (AvgIpc) is 2.38. The Balaban J connectivity index is 2.52. The Morgan fingerprint density at radius 1 is 1.37 bits per heavy atom. The molecule has 0 saturated heterocycles. The van der Waals surface area contributed by atoms with Gasteiger partial charge in [0.05, 0.1) is 24.7 Å². The molecule has 2 N–H and O–H groups in total. The maximum Gasteiger partial charge on any atom is 0.313 e. The van der Waals surface area contributed by atoms with Crippen LogP contribution in [0, 0.1) is 0 Å². The number of hydrogen-bond acceptors (Lipinski definition) is 4. The molecular formula is C13H17NO4S. The third kappa shape index (κ3) is 5.21. The van der Waals surface area contributed by atoms with Crippen LogP contribution in [0.1, 0.15) is 18.5 Å². The van der Waals surface area contributed by atoms with Gasteiger partial charge < -0.3 is 15.2 Å². The minimum absolute atomic E-state index is 0.0730. The van der Waals surface area contributed by atoms with Gasteiger partial charge in [0.1, 0.15) is 5.75 Å². The van der Waals surface area contributed by atoms with Crippen molar-refractivity contribution in [2.75, 3.05) is 18.6 Å². The molecule has 5 nitrogen and oxygen atoms in total. The Morgan fingerprint density at radius 3 is 2.68 bits per heavy atom. The number of carboxylic acids is 1. The average molecular weight is 283 g/mol. The molecule has 0 aliphatic carbocycles. The van der Waals surface area contributed by atoms with E-state index in [1.807, 2.05) is 31.2 Å². The standard InChI is InChI=1S/C13H17NO4S/c1-9(10-5-3-4-6-11(10)18-2)14-12(15)7-19-8-13(16)17/h3-6,9H,7-8H2,1-2H3,(H,14,15)(H,16,17). The number of thioether (sulfide) groups is 1. The van der Waals surface area contributed by atoms with Crippen molar-refractivity contribution < 1.29 is 19.4 Å². The zero-order valence-corrected chi connectivity index (χ0v) is 11.7. The molecule has 0 spiro atoms. The van der Waals surface area contributed by atoms with Gasteiger partial charge in [-0.1, -0.05) is 18.2 Å². The number of aliphatic carboxylic acids is 1. The van der Waals surface area contributed by atoms with E-state index < -0.39 is 5.97 Å². The molecule has 1 aromatic rings. The molecule has 1 aromatic carbocycles. The number of carbonyl (C=O) groups excluding carboxylic acids is 1. The lowest BCUT2D eigenvalue weighted by Gasteiger charge is -2.17. The molecule has 0 aliphatic rings. The van der Waals surface area contributed by atoms with Gasteiger partial charge in [-0.2, -0.15) is 0 Å². The smallest absolute Gasteiger partial charge is 0.313 e. The highest BCUT2D eigenvalue weighted by atomic mass is 32.2. The lowest BCUT2D eigenvalue weighted by atomic mass is 10.1. The lowest BCUT2D eigenvalue weighted by Crippen LogP contribution is -2.28. The number of rotatable bonds is 7. The number of carboxylic acid groups (broad SMARTS) is 1. The molecule has 6 heteroatoms. The van der Waals surface area contributed by atoms with Crippen LogP contribution in [0.4, 0.5) is 0 Å². The normalized spacial score (nSPS) is 11.7. The number of para-hydroxylation sites is 1. The van der Waals surface area contributed by atoms with Crippen molar-refractivity contribution in [1.82, 2.24) is 5.32 Å². The topological polar surface area (TPSA) is 75.6 Å². The molecule has 1 amide bonds. The molecular weight excluding hydrogens is 266 g/mol. The van der Waals surface area contributed by atoms with E-state index in [9.17, 15) is 9.59 Å². The summed E-state index contributed by atoms with van der Waals surface area (Å²) in [7, 11) is 1.58. The van der Waals surface area contributed by atoms with E-state index >= 15 is 0 Å². The molecule has 0 aromatic heterocycles. The van der Waals surface area contributed by atoms with Crippen molar-refractivity contribution in [1.29, 1.82) is 0 Å². The number of hydrogen-bond donors (Lipinski definition) is 2. The number of ether oxygens (including phenoxy) is 1. The van der Waals surface area contributed by atoms with Gasteiger partial charge in [-0.15, -0.1) is 11.8 Å². The molecule has 104 valence electrons. The fourth-order valence-corrected chi connectivity index (χ4v) is 2.16. The predicted molar refractivity (Wildman–Crippen MR) is 74.5 cm³/mol. The monoisotopic (exact) mass is 283 g/mol. The van der Waals surface area contributed by atoms with Gasteiger partial charge in [0, 0.05) is 5.56 Å². The maximum absolute atomic E-state index is 11.6. The van der Waals surface area contributed by atoms with Crippen molar-refractivity contribution in [3.8, 4) is 5.75 Å². The van der Waals surface area contributed by atoms with Crippen molar-refractivity contribution in [2.24, 2.45) is 0 Å². The maximum atomic E-state index is 11.6. The van der Waals surface area contributed by atoms with Crippen LogP contribution >= 0.6 is 11.8 Å². The van der Waals surface area contributed by atoms with E-state index in [0.29, 0.717) is 5.75 Å². The van der Waals surface area contributed by atoms with Crippen LogP contribution < -0.4 is 10.1 Å². The van der Waals surface area contributed by atoms with Gasteiger partial charge in [0.2, 0.25) is 5.91 Å². The third-order valence-corrected chi connectivity index (χ3v) is 3.36. The Kier molecular flexibility index (Phi) is 6.21. The minimum atomic E-state index is -0.921. The van der Waals surface area contributed by atoms with E-state index in [2.05, 4.69) is 5.32 Å². The Hall–Kier alpha value is -1.69. The van der Waals surface area contributed by atoms with Gasteiger partial charge in [-0.25, -0.2) is 0 Å². The first-order chi connectivity index (χ1) is 9.04. The summed E-state index contributed by atoms with van der Waals surface area (Å²) in [6, 6.07) is 7.26. The molecule has 0 bridgehead atoms. The van der Waals surface area contributed by atoms with Crippen LogP contribution in [0.25, 0.3) is 0 Å². The second-order valence-electron chi connectivity index (χ2n) is 3.92. The Labute approximate surface area is 116 Å². The summed E-state index contributed by atoms with van der Waals surface area (Å²) in [6.07, 6.45) is 0. The molecule has 0 radical (unpaired) electrons. The summed E-state index contributed by atoms with van der Waals surface area (Å²) in [5.41, 5.74) is 0.890. The lowest BCUT2D eigenvalue weighted by molar-refractivity contribution is -0.133. The second-order valence-corrected chi connectivity index (χ2v) is 4.90. The highest BCUT2D eigenvalue weighted by Crippen LogP contribution is 2.24. The van der Waals surface area contributed by atoms with E-state index in [1.165, 1.54) is 0 Å². The Bertz CT molecular complexity index is 450. The number of benzene rings is 1. The van der Waals surface area contributed by atoms with Crippen LogP contribution in [-0.4, -0.2) is 35.6 Å². The van der Waals surface area contributed by atoms with Crippen LogP contribution in [0.3, 0.4) is 0 Å². The summed E-state index contributed by atoms with van der Waals surface area (Å²) in [6.45, 7) is 1.86. The summed E-state index contributed by atoms with van der Waals surface area (Å²) < 4.78 is 5.23. The van der Waals surface area contributed by atoms with E-state index in [4.69, 9.17) is 9.84 Å². The van der Waals surface area contributed by atoms with Crippen LogP contribution in [0.2, 0.25) is 0 Å². The van der Waals surface area contributed by atoms with E-state index in [1.54, 1.807) is 7.11 Å². The molecule has 1 unspecified atom stereocenters. The molecule has 1 rings (SSSR count). The van der Waals surface area contributed by atoms with E-state index in [-0.39, 0.29) is 23.5 Å². The number of nitrogens with one attached hydrogen (secondary N) is 1. The van der Waals surface area contributed by atoms with Gasteiger partial charge >= 0.3 is 5.97 Å². The van der Waals surface area contributed by atoms with Crippen LogP contribution in [0.15, 0.2) is 24.3 Å². The molecule has 0 saturated carbocycles. The molecule has 1 atom stereocenters. The first-order valence-corrected chi connectivity index (χ1v) is 6.92. The van der Waals surface area contributed by atoms with E-state index in [0.717, 1.165) is 17.3 Å². The van der Waals surface area contributed by atoms with Gasteiger partial charge in [-0.05, 0) is 13.0 Å². The number of carbonyl (C=O) groups is 2. The van der Waals surface area contributed by atoms with Crippen LogP contribution in [-0.2, 0) is 9.59 Å². The summed E-state index contributed by atoms with van der Waals surface area (Å²) in [5.74, 6) is -0.337. The number of methoxy groups -OCH3 is 1. The summed E-state index contributed by atoms with van der Waals surface area (Å²) in [5, 5.41) is 11.3. The van der Waals surface area contributed by atoms with Crippen molar-refractivity contribution in [2.45, 2.75) is 13.0 Å². The Morgan fingerprint density at radius 2 is 2.05 bits per heavy atom. The largest absolute Gasteiger partial charge is 0.496 e. The molecule has 19 heavy (non-hydrogen) atoms. The van der Waals surface area contributed by atoms with Gasteiger partial charge in [0.15, 0.2) is 0 Å². The van der Waals surface area contributed by atoms with Crippen LogP contribution in [0.5, 0.6) is 5.75 Å².